The van der Waals surface area contributed by atoms with Crippen molar-refractivity contribution >= 4 is 0 Å². The second-order valence-corrected chi connectivity index (χ2v) is 3.01. The third-order valence-corrected chi connectivity index (χ3v) is 1.67. The van der Waals surface area contributed by atoms with Crippen LogP contribution in [0.2, 0.25) is 0 Å². The van der Waals surface area contributed by atoms with Gasteiger partial charge >= 0.3 is 0 Å². The second-order valence-electron chi connectivity index (χ2n) is 3.01. The van der Waals surface area contributed by atoms with E-state index in [4.69, 9.17) is 0 Å². The minimum Gasteiger partial charge on any atom is -0.386 e. The Kier molecular flexibility index (Phi) is 2.28. The van der Waals surface area contributed by atoms with Crippen LogP contribution in [0.5, 0.6) is 0 Å². The van der Waals surface area contributed by atoms with E-state index in [1.54, 1.807) is 0 Å². The number of hydrogen-bond acceptors (Lipinski definition) is 1. The van der Waals surface area contributed by atoms with Gasteiger partial charge < -0.3 is 5.11 Å². The summed E-state index contributed by atoms with van der Waals surface area (Å²) < 4.78 is 0. The molecular weight excluding hydrogens is 124 g/mol. The summed E-state index contributed by atoms with van der Waals surface area (Å²) >= 11 is 0. The van der Waals surface area contributed by atoms with E-state index in [0.29, 0.717) is 0 Å². The fraction of sp³-hybridized carbons (Fsp3) is 0.556. The lowest BCUT2D eigenvalue weighted by molar-refractivity contribution is 0.114. The van der Waals surface area contributed by atoms with E-state index in [2.05, 4.69) is 6.08 Å². The van der Waals surface area contributed by atoms with Crippen LogP contribution in [0, 0.1) is 0 Å². The molecule has 0 radical (unpaired) electrons. The fourth-order valence-corrected chi connectivity index (χ4v) is 1.04. The molecule has 0 saturated heterocycles. The van der Waals surface area contributed by atoms with Gasteiger partial charge in [-0.15, -0.1) is 0 Å². The molecule has 10 heavy (non-hydrogen) atoms. The Bertz CT molecular complexity index is 154. The predicted molar refractivity (Wildman–Crippen MR) is 42.8 cm³/mol. The molecule has 0 unspecified atom stereocenters. The molecule has 0 heterocycles. The van der Waals surface area contributed by atoms with Gasteiger partial charge in [0.05, 0.1) is 5.60 Å². The summed E-state index contributed by atoms with van der Waals surface area (Å²) in [5.41, 5.74) is -0.614. The van der Waals surface area contributed by atoms with Gasteiger partial charge in [0, 0.05) is 0 Å². The molecule has 0 saturated carbocycles. The average Bonchev–Trinajstić information content (AvgIpc) is 1.81. The van der Waals surface area contributed by atoms with Crippen LogP contribution in [-0.2, 0) is 0 Å². The lowest BCUT2D eigenvalue weighted by Gasteiger charge is -2.17. The normalized spacial score (nSPS) is 39.8. The maximum atomic E-state index is 9.54. The molecule has 0 aliphatic heterocycles. The molecule has 1 aliphatic rings. The Hall–Kier alpha value is -0.560. The molecule has 0 amide bonds. The van der Waals surface area contributed by atoms with Crippen LogP contribution >= 0.6 is 0 Å². The summed E-state index contributed by atoms with van der Waals surface area (Å²) in [6, 6.07) is 0. The summed E-state index contributed by atoms with van der Waals surface area (Å²) in [4.78, 5) is 0. The van der Waals surface area contributed by atoms with Crippen molar-refractivity contribution in [2.75, 3.05) is 0 Å². The van der Waals surface area contributed by atoms with Crippen molar-refractivity contribution in [3.8, 4) is 0 Å². The molecule has 0 spiro atoms. The molecule has 1 rings (SSSR count). The summed E-state index contributed by atoms with van der Waals surface area (Å²) in [5.74, 6) is 0. The Balaban J connectivity index is 2.58. The zero-order valence-corrected chi connectivity index (χ0v) is 6.38. The number of allylic oxidation sites excluding steroid dienone is 2. The highest BCUT2D eigenvalue weighted by atomic mass is 16.3. The Morgan fingerprint density at radius 2 is 1.90 bits per heavy atom. The first kappa shape index (κ1) is 7.55. The van der Waals surface area contributed by atoms with Crippen LogP contribution < -0.4 is 0 Å². The van der Waals surface area contributed by atoms with E-state index in [9.17, 15) is 5.11 Å². The Morgan fingerprint density at radius 3 is 2.70 bits per heavy atom. The highest BCUT2D eigenvalue weighted by molar-refractivity contribution is 5.05. The standard InChI is InChI=1S/C9H14O/c1-9(10)7-5-3-2-4-6-8-9/h3,5-6,8,10H,2,4,7H2,1H3/b5-3-,8-6-/t9-/m0/s1. The molecule has 1 heteroatoms. The first-order valence-corrected chi connectivity index (χ1v) is 3.76. The third-order valence-electron chi connectivity index (χ3n) is 1.67. The minimum absolute atomic E-state index is 0.614. The molecule has 1 atom stereocenters. The van der Waals surface area contributed by atoms with E-state index in [1.807, 2.05) is 25.2 Å². The molecule has 0 bridgehead atoms. The Morgan fingerprint density at radius 1 is 1.20 bits per heavy atom. The van der Waals surface area contributed by atoms with Gasteiger partial charge in [0.25, 0.3) is 0 Å². The lowest BCUT2D eigenvalue weighted by Crippen LogP contribution is -2.19. The molecule has 1 nitrogen and oxygen atoms in total. The third kappa shape index (κ3) is 2.36. The Labute approximate surface area is 62.1 Å². The van der Waals surface area contributed by atoms with Crippen LogP contribution in [0.4, 0.5) is 0 Å². The lowest BCUT2D eigenvalue weighted by atomic mass is 9.99. The van der Waals surface area contributed by atoms with Crippen molar-refractivity contribution in [1.82, 2.24) is 0 Å². The van der Waals surface area contributed by atoms with Crippen LogP contribution in [0.15, 0.2) is 24.3 Å². The highest BCUT2D eigenvalue weighted by Gasteiger charge is 2.13. The number of aliphatic hydroxyl groups is 1. The van der Waals surface area contributed by atoms with Crippen molar-refractivity contribution in [2.24, 2.45) is 0 Å². The predicted octanol–water partition coefficient (Wildman–Crippen LogP) is 2.03. The topological polar surface area (TPSA) is 20.2 Å². The van der Waals surface area contributed by atoms with E-state index in [1.165, 1.54) is 0 Å². The van der Waals surface area contributed by atoms with Gasteiger partial charge in [0.15, 0.2) is 0 Å². The van der Waals surface area contributed by atoms with E-state index >= 15 is 0 Å². The van der Waals surface area contributed by atoms with Gasteiger partial charge in [-0.05, 0) is 26.2 Å². The fourth-order valence-electron chi connectivity index (χ4n) is 1.04. The SMILES string of the molecule is C[C@@]1(O)/C=C\CC/C=C\C1. The molecule has 0 aromatic rings. The smallest absolute Gasteiger partial charge is 0.0833 e. The average molecular weight is 138 g/mol. The van der Waals surface area contributed by atoms with Gasteiger partial charge in [0.2, 0.25) is 0 Å². The summed E-state index contributed by atoms with van der Waals surface area (Å²) in [5, 5.41) is 9.54. The molecular formula is C9H14O. The van der Waals surface area contributed by atoms with Gasteiger partial charge in [-0.3, -0.25) is 0 Å². The molecule has 1 N–H and O–H groups in total. The van der Waals surface area contributed by atoms with Crippen LogP contribution in [0.25, 0.3) is 0 Å². The van der Waals surface area contributed by atoms with Crippen LogP contribution in [0.3, 0.4) is 0 Å². The summed E-state index contributed by atoms with van der Waals surface area (Å²) in [6.45, 7) is 1.83. The van der Waals surface area contributed by atoms with Gasteiger partial charge in [0.1, 0.15) is 0 Å². The minimum atomic E-state index is -0.614. The number of hydrogen-bond donors (Lipinski definition) is 1. The summed E-state index contributed by atoms with van der Waals surface area (Å²) in [6.07, 6.45) is 11.0. The second kappa shape index (κ2) is 3.02. The van der Waals surface area contributed by atoms with Crippen molar-refractivity contribution in [1.29, 1.82) is 0 Å². The van der Waals surface area contributed by atoms with Crippen molar-refractivity contribution in [3.63, 3.8) is 0 Å². The van der Waals surface area contributed by atoms with E-state index in [-0.39, 0.29) is 0 Å². The van der Waals surface area contributed by atoms with Gasteiger partial charge in [-0.2, -0.15) is 0 Å². The van der Waals surface area contributed by atoms with E-state index in [0.717, 1.165) is 19.3 Å². The van der Waals surface area contributed by atoms with E-state index < -0.39 is 5.60 Å². The first-order valence-electron chi connectivity index (χ1n) is 3.76. The van der Waals surface area contributed by atoms with Crippen LogP contribution in [-0.4, -0.2) is 10.7 Å². The van der Waals surface area contributed by atoms with Gasteiger partial charge in [-0.25, -0.2) is 0 Å². The molecule has 1 aliphatic carbocycles. The van der Waals surface area contributed by atoms with Gasteiger partial charge in [-0.1, -0.05) is 24.3 Å². The quantitative estimate of drug-likeness (QED) is 0.508. The molecule has 0 fully saturated rings. The van der Waals surface area contributed by atoms with Crippen molar-refractivity contribution in [2.45, 2.75) is 31.8 Å². The zero-order valence-electron chi connectivity index (χ0n) is 6.38. The van der Waals surface area contributed by atoms with Crippen LogP contribution in [0.1, 0.15) is 26.2 Å². The maximum absolute atomic E-state index is 9.54. The first-order chi connectivity index (χ1) is 4.71. The molecule has 0 aromatic heterocycles. The summed E-state index contributed by atoms with van der Waals surface area (Å²) in [7, 11) is 0. The van der Waals surface area contributed by atoms with Crippen molar-refractivity contribution < 1.29 is 5.11 Å². The monoisotopic (exact) mass is 138 g/mol. The maximum Gasteiger partial charge on any atom is 0.0833 e. The largest absolute Gasteiger partial charge is 0.386 e. The zero-order chi connectivity index (χ0) is 7.45. The highest BCUT2D eigenvalue weighted by Crippen LogP contribution is 2.15. The number of rotatable bonds is 0. The molecule has 0 aromatic carbocycles. The molecule has 56 valence electrons. The van der Waals surface area contributed by atoms with Crippen molar-refractivity contribution in [3.05, 3.63) is 24.3 Å².